The Morgan fingerprint density at radius 1 is 1.37 bits per heavy atom. The maximum Gasteiger partial charge on any atom is 0.0917 e. The van der Waals surface area contributed by atoms with Crippen molar-refractivity contribution in [1.29, 1.82) is 0 Å². The molecule has 0 aliphatic heterocycles. The molecule has 3 atom stereocenters. The van der Waals surface area contributed by atoms with Crippen LogP contribution in [0, 0.1) is 0 Å². The van der Waals surface area contributed by atoms with Crippen LogP contribution >= 0.6 is 0 Å². The van der Waals surface area contributed by atoms with Gasteiger partial charge in [-0.2, -0.15) is 0 Å². The standard InChI is InChI=1S/C15H24N2O2/c1-17(13-7-2-3-8-14(13)18)10-15(19)11-5-4-6-12(16)9-11/h4-6,9,13-15,18-19H,2-3,7-8,10,16H2,1H3. The molecule has 0 saturated heterocycles. The van der Waals surface area contributed by atoms with Crippen molar-refractivity contribution < 1.29 is 10.2 Å². The first-order valence-corrected chi connectivity index (χ1v) is 6.99. The number of hydrogen-bond acceptors (Lipinski definition) is 4. The van der Waals surface area contributed by atoms with Crippen LogP contribution in [0.1, 0.15) is 37.4 Å². The smallest absolute Gasteiger partial charge is 0.0917 e. The highest BCUT2D eigenvalue weighted by Crippen LogP contribution is 2.24. The average molecular weight is 264 g/mol. The van der Waals surface area contributed by atoms with Crippen LogP contribution in [0.5, 0.6) is 0 Å². The molecule has 1 aromatic rings. The molecule has 1 aromatic carbocycles. The van der Waals surface area contributed by atoms with Gasteiger partial charge in [0, 0.05) is 18.3 Å². The Morgan fingerprint density at radius 3 is 2.79 bits per heavy atom. The number of aliphatic hydroxyl groups excluding tert-OH is 2. The van der Waals surface area contributed by atoms with Gasteiger partial charge in [-0.3, -0.25) is 4.90 Å². The van der Waals surface area contributed by atoms with Gasteiger partial charge in [-0.1, -0.05) is 25.0 Å². The van der Waals surface area contributed by atoms with Gasteiger partial charge in [-0.05, 0) is 37.6 Å². The van der Waals surface area contributed by atoms with Crippen LogP contribution in [0.2, 0.25) is 0 Å². The molecule has 4 heteroatoms. The molecule has 1 fully saturated rings. The van der Waals surface area contributed by atoms with Gasteiger partial charge in [0.1, 0.15) is 0 Å². The zero-order chi connectivity index (χ0) is 13.8. The fraction of sp³-hybridized carbons (Fsp3) is 0.600. The van der Waals surface area contributed by atoms with Crippen molar-refractivity contribution in [3.05, 3.63) is 29.8 Å². The molecule has 106 valence electrons. The van der Waals surface area contributed by atoms with E-state index in [1.54, 1.807) is 6.07 Å². The number of aliphatic hydroxyl groups is 2. The quantitative estimate of drug-likeness (QED) is 0.721. The Kier molecular flexibility index (Phi) is 4.80. The van der Waals surface area contributed by atoms with E-state index >= 15 is 0 Å². The third kappa shape index (κ3) is 3.69. The van der Waals surface area contributed by atoms with Gasteiger partial charge in [0.05, 0.1) is 12.2 Å². The number of hydrogen-bond donors (Lipinski definition) is 3. The zero-order valence-electron chi connectivity index (χ0n) is 11.5. The number of likely N-dealkylation sites (N-methyl/N-ethyl adjacent to an activating group) is 1. The second-order valence-electron chi connectivity index (χ2n) is 5.54. The Balaban J connectivity index is 1.96. The molecule has 1 aliphatic carbocycles. The number of rotatable bonds is 4. The summed E-state index contributed by atoms with van der Waals surface area (Å²) in [7, 11) is 1.97. The second-order valence-corrected chi connectivity index (χ2v) is 5.54. The summed E-state index contributed by atoms with van der Waals surface area (Å²) in [6, 6.07) is 7.50. The molecule has 19 heavy (non-hydrogen) atoms. The van der Waals surface area contributed by atoms with Crippen molar-refractivity contribution in [2.24, 2.45) is 0 Å². The van der Waals surface area contributed by atoms with Crippen LogP contribution in [0.25, 0.3) is 0 Å². The number of nitrogen functional groups attached to an aromatic ring is 1. The third-order valence-electron chi connectivity index (χ3n) is 4.02. The minimum absolute atomic E-state index is 0.157. The second kappa shape index (κ2) is 6.37. The van der Waals surface area contributed by atoms with Gasteiger partial charge in [0.15, 0.2) is 0 Å². The van der Waals surface area contributed by atoms with Crippen molar-refractivity contribution >= 4 is 5.69 Å². The van der Waals surface area contributed by atoms with Gasteiger partial charge < -0.3 is 15.9 Å². The monoisotopic (exact) mass is 264 g/mol. The van der Waals surface area contributed by atoms with Gasteiger partial charge in [0.25, 0.3) is 0 Å². The normalized spacial score (nSPS) is 25.5. The maximum absolute atomic E-state index is 10.3. The number of benzene rings is 1. The van der Waals surface area contributed by atoms with Crippen molar-refractivity contribution in [1.82, 2.24) is 4.90 Å². The van der Waals surface area contributed by atoms with E-state index in [2.05, 4.69) is 4.90 Å². The fourth-order valence-electron chi connectivity index (χ4n) is 2.89. The molecular weight excluding hydrogens is 240 g/mol. The first-order chi connectivity index (χ1) is 9.08. The molecule has 0 amide bonds. The third-order valence-corrected chi connectivity index (χ3v) is 4.02. The van der Waals surface area contributed by atoms with Crippen LogP contribution < -0.4 is 5.73 Å². The van der Waals surface area contributed by atoms with E-state index in [4.69, 9.17) is 5.73 Å². The lowest BCUT2D eigenvalue weighted by atomic mass is 9.91. The Bertz CT molecular complexity index is 411. The predicted molar refractivity (Wildman–Crippen MR) is 76.7 cm³/mol. The maximum atomic E-state index is 10.3. The molecule has 0 aromatic heterocycles. The fourth-order valence-corrected chi connectivity index (χ4v) is 2.89. The summed E-state index contributed by atoms with van der Waals surface area (Å²) in [5.41, 5.74) is 7.22. The van der Waals surface area contributed by atoms with Crippen LogP contribution in [0.4, 0.5) is 5.69 Å². The van der Waals surface area contributed by atoms with Crippen molar-refractivity contribution in [2.45, 2.75) is 43.9 Å². The number of nitrogens with zero attached hydrogens (tertiary/aromatic N) is 1. The molecule has 0 radical (unpaired) electrons. The lowest BCUT2D eigenvalue weighted by Gasteiger charge is -2.36. The minimum Gasteiger partial charge on any atom is -0.399 e. The summed E-state index contributed by atoms with van der Waals surface area (Å²) in [4.78, 5) is 2.07. The van der Waals surface area contributed by atoms with Gasteiger partial charge >= 0.3 is 0 Å². The Morgan fingerprint density at radius 2 is 2.11 bits per heavy atom. The van der Waals surface area contributed by atoms with E-state index in [1.165, 1.54) is 0 Å². The SMILES string of the molecule is CN(CC(O)c1cccc(N)c1)C1CCCCC1O. The first kappa shape index (κ1) is 14.3. The highest BCUT2D eigenvalue weighted by atomic mass is 16.3. The highest BCUT2D eigenvalue weighted by Gasteiger charge is 2.27. The van der Waals surface area contributed by atoms with Gasteiger partial charge in [-0.15, -0.1) is 0 Å². The summed E-state index contributed by atoms with van der Waals surface area (Å²) in [6.07, 6.45) is 3.28. The van der Waals surface area contributed by atoms with E-state index in [1.807, 2.05) is 25.2 Å². The predicted octanol–water partition coefficient (Wildman–Crippen LogP) is 1.54. The van der Waals surface area contributed by atoms with Crippen molar-refractivity contribution in [2.75, 3.05) is 19.3 Å². The van der Waals surface area contributed by atoms with Crippen molar-refractivity contribution in [3.8, 4) is 0 Å². The van der Waals surface area contributed by atoms with Crippen LogP contribution in [-0.2, 0) is 0 Å². The van der Waals surface area contributed by atoms with Crippen LogP contribution in [0.3, 0.4) is 0 Å². The average Bonchev–Trinajstić information content (AvgIpc) is 2.39. The van der Waals surface area contributed by atoms with Crippen LogP contribution in [-0.4, -0.2) is 40.9 Å². The summed E-state index contributed by atoms with van der Waals surface area (Å²) >= 11 is 0. The number of anilines is 1. The highest BCUT2D eigenvalue weighted by molar-refractivity contribution is 5.41. The summed E-state index contributed by atoms with van der Waals surface area (Å²) < 4.78 is 0. The molecule has 0 spiro atoms. The molecule has 3 unspecified atom stereocenters. The lowest BCUT2D eigenvalue weighted by Crippen LogP contribution is -2.44. The number of nitrogens with two attached hydrogens (primary N) is 1. The Labute approximate surface area is 114 Å². The van der Waals surface area contributed by atoms with Gasteiger partial charge in [0.2, 0.25) is 0 Å². The largest absolute Gasteiger partial charge is 0.399 e. The molecule has 4 N–H and O–H groups in total. The van der Waals surface area contributed by atoms with E-state index in [-0.39, 0.29) is 12.1 Å². The minimum atomic E-state index is -0.567. The molecule has 2 rings (SSSR count). The molecule has 0 bridgehead atoms. The summed E-state index contributed by atoms with van der Waals surface area (Å²) in [5.74, 6) is 0. The van der Waals surface area contributed by atoms with E-state index < -0.39 is 6.10 Å². The molecule has 1 aliphatic rings. The molecule has 4 nitrogen and oxygen atoms in total. The van der Waals surface area contributed by atoms with Gasteiger partial charge in [-0.25, -0.2) is 0 Å². The molecular formula is C15H24N2O2. The molecule has 1 saturated carbocycles. The van der Waals surface area contributed by atoms with Crippen molar-refractivity contribution in [3.63, 3.8) is 0 Å². The Hall–Kier alpha value is -1.10. The lowest BCUT2D eigenvalue weighted by molar-refractivity contribution is 0.0109. The first-order valence-electron chi connectivity index (χ1n) is 6.99. The summed E-state index contributed by atoms with van der Waals surface area (Å²) in [6.45, 7) is 0.519. The van der Waals surface area contributed by atoms with Crippen LogP contribution in [0.15, 0.2) is 24.3 Å². The summed E-state index contributed by atoms with van der Waals surface area (Å²) in [5, 5.41) is 20.3. The zero-order valence-corrected chi connectivity index (χ0v) is 11.5. The van der Waals surface area contributed by atoms with E-state index in [9.17, 15) is 10.2 Å². The molecule has 0 heterocycles. The topological polar surface area (TPSA) is 69.7 Å². The van der Waals surface area contributed by atoms with E-state index in [0.717, 1.165) is 31.2 Å². The van der Waals surface area contributed by atoms with E-state index in [0.29, 0.717) is 12.2 Å².